The van der Waals surface area contributed by atoms with E-state index in [0.29, 0.717) is 24.5 Å². The number of hydrogen-bond donors (Lipinski definition) is 1. The van der Waals surface area contributed by atoms with Crippen LogP contribution < -0.4 is 15.1 Å². The highest BCUT2D eigenvalue weighted by atomic mass is 16.5. The Bertz CT molecular complexity index is 959. The molecule has 1 aliphatic heterocycles. The Balaban J connectivity index is 1.27. The first-order valence-electron chi connectivity index (χ1n) is 10.2. The third-order valence-electron chi connectivity index (χ3n) is 5.39. The molecule has 1 amide bonds. The van der Waals surface area contributed by atoms with E-state index in [1.807, 2.05) is 19.9 Å². The van der Waals surface area contributed by atoms with Gasteiger partial charge in [0, 0.05) is 43.9 Å². The average molecular weight is 406 g/mol. The first-order valence-corrected chi connectivity index (χ1v) is 10.2. The van der Waals surface area contributed by atoms with Crippen LogP contribution in [0.1, 0.15) is 23.4 Å². The molecular weight excluding hydrogens is 380 g/mol. The molecule has 1 N–H and O–H groups in total. The summed E-state index contributed by atoms with van der Waals surface area (Å²) < 4.78 is 5.14. The summed E-state index contributed by atoms with van der Waals surface area (Å²) in [6.07, 6.45) is 4.28. The second kappa shape index (κ2) is 8.94. The molecule has 1 fully saturated rings. The van der Waals surface area contributed by atoms with Gasteiger partial charge in [0.1, 0.15) is 5.76 Å². The van der Waals surface area contributed by atoms with Crippen molar-refractivity contribution in [2.24, 2.45) is 0 Å². The quantitative estimate of drug-likeness (QED) is 0.673. The van der Waals surface area contributed by atoms with Crippen LogP contribution in [0.3, 0.4) is 0 Å². The van der Waals surface area contributed by atoms with E-state index >= 15 is 0 Å². The summed E-state index contributed by atoms with van der Waals surface area (Å²) in [5.74, 6) is 1.37. The molecule has 8 heteroatoms. The zero-order valence-electron chi connectivity index (χ0n) is 17.3. The maximum atomic E-state index is 12.3. The van der Waals surface area contributed by atoms with E-state index in [-0.39, 0.29) is 5.91 Å². The van der Waals surface area contributed by atoms with Gasteiger partial charge in [-0.25, -0.2) is 9.97 Å². The van der Waals surface area contributed by atoms with Crippen molar-refractivity contribution >= 4 is 23.2 Å². The van der Waals surface area contributed by atoms with Crippen LogP contribution >= 0.6 is 0 Å². The molecule has 3 heterocycles. The molecule has 0 atom stereocenters. The van der Waals surface area contributed by atoms with Gasteiger partial charge in [0.25, 0.3) is 0 Å². The summed E-state index contributed by atoms with van der Waals surface area (Å²) in [4.78, 5) is 25.7. The molecule has 0 aliphatic carbocycles. The van der Waals surface area contributed by atoms with Crippen LogP contribution in [0.5, 0.6) is 0 Å². The van der Waals surface area contributed by atoms with E-state index in [0.717, 1.165) is 43.2 Å². The van der Waals surface area contributed by atoms with Gasteiger partial charge < -0.3 is 19.6 Å². The molecular formula is C22H26N6O2. The summed E-state index contributed by atoms with van der Waals surface area (Å²) in [5, 5.41) is 6.78. The molecule has 4 rings (SSSR count). The Morgan fingerprint density at radius 2 is 1.70 bits per heavy atom. The Kier molecular flexibility index (Phi) is 5.92. The Morgan fingerprint density at radius 1 is 1.03 bits per heavy atom. The minimum Gasteiger partial charge on any atom is -0.368 e. The third kappa shape index (κ3) is 4.59. The Morgan fingerprint density at radius 3 is 2.33 bits per heavy atom. The molecule has 8 nitrogen and oxygen atoms in total. The SMILES string of the molecule is Cc1noc(C)c1CCC(=O)Nc1cnc(N2CCN(c3ccccc3)CC2)nc1. The highest BCUT2D eigenvalue weighted by molar-refractivity contribution is 5.90. The van der Waals surface area contributed by atoms with Crippen molar-refractivity contribution < 1.29 is 9.32 Å². The molecule has 2 aromatic heterocycles. The van der Waals surface area contributed by atoms with Crippen molar-refractivity contribution in [3.8, 4) is 0 Å². The topological polar surface area (TPSA) is 87.4 Å². The summed E-state index contributed by atoms with van der Waals surface area (Å²) in [6.45, 7) is 7.31. The number of carbonyl (C=O) groups is 1. The van der Waals surface area contributed by atoms with Crippen LogP contribution in [0.2, 0.25) is 0 Å². The number of anilines is 3. The first-order chi connectivity index (χ1) is 14.6. The lowest BCUT2D eigenvalue weighted by Gasteiger charge is -2.36. The number of hydrogen-bond acceptors (Lipinski definition) is 7. The number of benzene rings is 1. The molecule has 0 saturated carbocycles. The van der Waals surface area contributed by atoms with E-state index in [2.05, 4.69) is 54.5 Å². The summed E-state index contributed by atoms with van der Waals surface area (Å²) >= 11 is 0. The fourth-order valence-electron chi connectivity index (χ4n) is 3.67. The molecule has 0 spiro atoms. The van der Waals surface area contributed by atoms with Crippen LogP contribution in [0.4, 0.5) is 17.3 Å². The fourth-order valence-corrected chi connectivity index (χ4v) is 3.67. The third-order valence-corrected chi connectivity index (χ3v) is 5.39. The van der Waals surface area contributed by atoms with Crippen LogP contribution in [-0.4, -0.2) is 47.2 Å². The number of nitrogens with zero attached hydrogens (tertiary/aromatic N) is 5. The number of para-hydroxylation sites is 1. The molecule has 1 aromatic carbocycles. The molecule has 156 valence electrons. The monoisotopic (exact) mass is 406 g/mol. The molecule has 0 unspecified atom stereocenters. The summed E-state index contributed by atoms with van der Waals surface area (Å²) in [7, 11) is 0. The van der Waals surface area contributed by atoms with Crippen LogP contribution in [0.15, 0.2) is 47.2 Å². The number of aryl methyl sites for hydroxylation is 2. The van der Waals surface area contributed by atoms with Gasteiger partial charge in [-0.3, -0.25) is 4.79 Å². The number of carbonyl (C=O) groups excluding carboxylic acids is 1. The molecule has 0 bridgehead atoms. The van der Waals surface area contributed by atoms with E-state index in [9.17, 15) is 4.79 Å². The minimum absolute atomic E-state index is 0.0807. The second-order valence-electron chi connectivity index (χ2n) is 7.43. The zero-order valence-corrected chi connectivity index (χ0v) is 17.3. The summed E-state index contributed by atoms with van der Waals surface area (Å²) in [5.41, 5.74) is 3.67. The Labute approximate surface area is 175 Å². The van der Waals surface area contributed by atoms with Crippen LogP contribution in [0.25, 0.3) is 0 Å². The largest absolute Gasteiger partial charge is 0.368 e. The molecule has 1 saturated heterocycles. The van der Waals surface area contributed by atoms with Crippen molar-refractivity contribution in [3.63, 3.8) is 0 Å². The van der Waals surface area contributed by atoms with Crippen molar-refractivity contribution in [2.75, 3.05) is 41.3 Å². The van der Waals surface area contributed by atoms with Gasteiger partial charge in [-0.2, -0.15) is 0 Å². The van der Waals surface area contributed by atoms with Gasteiger partial charge in [0.15, 0.2) is 0 Å². The highest BCUT2D eigenvalue weighted by Crippen LogP contribution is 2.19. The van der Waals surface area contributed by atoms with Gasteiger partial charge in [0.2, 0.25) is 11.9 Å². The smallest absolute Gasteiger partial charge is 0.225 e. The molecule has 0 radical (unpaired) electrons. The molecule has 3 aromatic rings. The normalized spacial score (nSPS) is 14.1. The Hall–Kier alpha value is -3.42. The van der Waals surface area contributed by atoms with Crippen molar-refractivity contribution in [1.82, 2.24) is 15.1 Å². The number of rotatable bonds is 6. The predicted molar refractivity (Wildman–Crippen MR) is 116 cm³/mol. The zero-order chi connectivity index (χ0) is 20.9. The maximum absolute atomic E-state index is 12.3. The molecule has 1 aliphatic rings. The van der Waals surface area contributed by atoms with Crippen LogP contribution in [0, 0.1) is 13.8 Å². The van der Waals surface area contributed by atoms with Crippen molar-refractivity contribution in [3.05, 3.63) is 59.7 Å². The first kappa shape index (κ1) is 19.9. The fraction of sp³-hybridized carbons (Fsp3) is 0.364. The van der Waals surface area contributed by atoms with Crippen molar-refractivity contribution in [2.45, 2.75) is 26.7 Å². The van der Waals surface area contributed by atoms with E-state index in [1.165, 1.54) is 5.69 Å². The molecule has 30 heavy (non-hydrogen) atoms. The standard InChI is InChI=1S/C22H26N6O2/c1-16-20(17(2)30-26-16)8-9-21(29)25-18-14-23-22(24-15-18)28-12-10-27(11-13-28)19-6-4-3-5-7-19/h3-7,14-15H,8-13H2,1-2H3,(H,25,29). The van der Waals surface area contributed by atoms with Crippen LogP contribution in [-0.2, 0) is 11.2 Å². The van der Waals surface area contributed by atoms with E-state index < -0.39 is 0 Å². The van der Waals surface area contributed by atoms with Gasteiger partial charge >= 0.3 is 0 Å². The average Bonchev–Trinajstić information content (AvgIpc) is 3.11. The van der Waals surface area contributed by atoms with Gasteiger partial charge in [-0.05, 0) is 32.4 Å². The van der Waals surface area contributed by atoms with Crippen molar-refractivity contribution in [1.29, 1.82) is 0 Å². The van der Waals surface area contributed by atoms with E-state index in [1.54, 1.807) is 12.4 Å². The number of aromatic nitrogens is 3. The minimum atomic E-state index is -0.0807. The maximum Gasteiger partial charge on any atom is 0.225 e. The van der Waals surface area contributed by atoms with Gasteiger partial charge in [0.05, 0.1) is 23.8 Å². The number of piperazine rings is 1. The number of amides is 1. The van der Waals surface area contributed by atoms with Gasteiger partial charge in [-0.15, -0.1) is 0 Å². The number of nitrogens with one attached hydrogen (secondary N) is 1. The lowest BCUT2D eigenvalue weighted by molar-refractivity contribution is -0.116. The van der Waals surface area contributed by atoms with Gasteiger partial charge in [-0.1, -0.05) is 23.4 Å². The highest BCUT2D eigenvalue weighted by Gasteiger charge is 2.19. The lowest BCUT2D eigenvalue weighted by atomic mass is 10.1. The second-order valence-corrected chi connectivity index (χ2v) is 7.43. The lowest BCUT2D eigenvalue weighted by Crippen LogP contribution is -2.47. The summed E-state index contributed by atoms with van der Waals surface area (Å²) in [6, 6.07) is 10.4. The predicted octanol–water partition coefficient (Wildman–Crippen LogP) is 2.98. The van der Waals surface area contributed by atoms with E-state index in [4.69, 9.17) is 4.52 Å².